The minimum atomic E-state index is -0.292. The quantitative estimate of drug-likeness (QED) is 0.685. The van der Waals surface area contributed by atoms with E-state index in [0.29, 0.717) is 0 Å². The minimum Gasteiger partial charge on any atom is -0.457 e. The Morgan fingerprint density at radius 3 is 2.46 bits per heavy atom. The Labute approximate surface area is 151 Å². The van der Waals surface area contributed by atoms with Crippen LogP contribution in [0, 0.1) is 12.3 Å². The topological polar surface area (TPSA) is 38.3 Å². The van der Waals surface area contributed by atoms with Crippen molar-refractivity contribution in [1.82, 2.24) is 0 Å². The zero-order chi connectivity index (χ0) is 17.5. The molecule has 1 N–H and O–H groups in total. The van der Waals surface area contributed by atoms with Crippen molar-refractivity contribution in [3.63, 3.8) is 0 Å². The Morgan fingerprint density at radius 2 is 1.83 bits per heavy atom. The average molecular weight is 388 g/mol. The van der Waals surface area contributed by atoms with Gasteiger partial charge in [-0.05, 0) is 30.7 Å². The summed E-state index contributed by atoms with van der Waals surface area (Å²) in [6.45, 7) is 7.82. The van der Waals surface area contributed by atoms with Gasteiger partial charge in [-0.2, -0.15) is 0 Å². The van der Waals surface area contributed by atoms with Crippen LogP contribution in [0.5, 0.6) is 0 Å². The van der Waals surface area contributed by atoms with Crippen LogP contribution in [0.1, 0.15) is 49.6 Å². The van der Waals surface area contributed by atoms with Gasteiger partial charge in [0.05, 0.1) is 6.04 Å². The number of hydrogen-bond donors (Lipinski definition) is 1. The Balaban J connectivity index is 2.11. The molecule has 24 heavy (non-hydrogen) atoms. The van der Waals surface area contributed by atoms with Crippen molar-refractivity contribution in [3.05, 3.63) is 63.6 Å². The van der Waals surface area contributed by atoms with Crippen LogP contribution in [0.4, 0.5) is 5.69 Å². The number of carbonyl (C=O) groups is 1. The van der Waals surface area contributed by atoms with Crippen LogP contribution >= 0.6 is 15.9 Å². The van der Waals surface area contributed by atoms with Gasteiger partial charge in [-0.15, -0.1) is 0 Å². The summed E-state index contributed by atoms with van der Waals surface area (Å²) in [5.41, 5.74) is 4.11. The van der Waals surface area contributed by atoms with E-state index in [-0.39, 0.29) is 23.5 Å². The molecule has 3 nitrogen and oxygen atoms in total. The van der Waals surface area contributed by atoms with Gasteiger partial charge in [-0.1, -0.05) is 59.6 Å². The maximum Gasteiger partial charge on any atom is 0.303 e. The largest absolute Gasteiger partial charge is 0.457 e. The molecule has 0 aromatic heterocycles. The van der Waals surface area contributed by atoms with E-state index >= 15 is 0 Å². The standard InChI is InChI=1S/C20H22BrNO2/c1-12-5-10-17-16(11-12)19(24-13(2)23)20(3,4)18(22-17)14-6-8-15(21)9-7-14/h5-11,18-19,22H,1-4H3/t18-,19+/m1/s1. The lowest BCUT2D eigenvalue weighted by atomic mass is 9.70. The maximum atomic E-state index is 11.7. The molecule has 1 aliphatic rings. The van der Waals surface area contributed by atoms with E-state index in [1.807, 2.05) is 12.1 Å². The molecule has 126 valence electrons. The molecular weight excluding hydrogens is 366 g/mol. The first-order valence-electron chi connectivity index (χ1n) is 8.09. The molecule has 0 saturated heterocycles. The zero-order valence-corrected chi connectivity index (χ0v) is 16.0. The molecule has 2 aromatic carbocycles. The Kier molecular flexibility index (Phi) is 4.43. The van der Waals surface area contributed by atoms with Gasteiger partial charge < -0.3 is 10.1 Å². The second-order valence-corrected chi connectivity index (χ2v) is 7.95. The van der Waals surface area contributed by atoms with Crippen molar-refractivity contribution in [1.29, 1.82) is 0 Å². The second kappa shape index (κ2) is 6.25. The lowest BCUT2D eigenvalue weighted by molar-refractivity contribution is -0.154. The molecule has 0 fully saturated rings. The molecule has 0 radical (unpaired) electrons. The van der Waals surface area contributed by atoms with E-state index < -0.39 is 0 Å². The van der Waals surface area contributed by atoms with Gasteiger partial charge in [0.2, 0.25) is 0 Å². The molecule has 0 saturated carbocycles. The highest BCUT2D eigenvalue weighted by atomic mass is 79.9. The molecule has 2 aromatic rings. The van der Waals surface area contributed by atoms with E-state index in [0.717, 1.165) is 21.3 Å². The number of ether oxygens (including phenoxy) is 1. The van der Waals surface area contributed by atoms with Crippen LogP contribution in [-0.4, -0.2) is 5.97 Å². The predicted molar refractivity (Wildman–Crippen MR) is 100.0 cm³/mol. The third kappa shape index (κ3) is 3.07. The van der Waals surface area contributed by atoms with Crippen molar-refractivity contribution >= 4 is 27.6 Å². The molecule has 0 spiro atoms. The monoisotopic (exact) mass is 387 g/mol. The van der Waals surface area contributed by atoms with Crippen molar-refractivity contribution < 1.29 is 9.53 Å². The number of fused-ring (bicyclic) bond motifs is 1. The fourth-order valence-electron chi connectivity index (χ4n) is 3.47. The van der Waals surface area contributed by atoms with Gasteiger partial charge in [0.1, 0.15) is 6.10 Å². The van der Waals surface area contributed by atoms with E-state index in [4.69, 9.17) is 4.74 Å². The molecule has 0 bridgehead atoms. The number of halogens is 1. The summed E-state index contributed by atoms with van der Waals surface area (Å²) in [5.74, 6) is -0.253. The summed E-state index contributed by atoms with van der Waals surface area (Å²) in [7, 11) is 0. The van der Waals surface area contributed by atoms with Crippen molar-refractivity contribution in [2.24, 2.45) is 5.41 Å². The molecule has 1 heterocycles. The lowest BCUT2D eigenvalue weighted by Crippen LogP contribution is -2.40. The number of aryl methyl sites for hydroxylation is 1. The summed E-state index contributed by atoms with van der Waals surface area (Å²) < 4.78 is 6.82. The molecule has 0 unspecified atom stereocenters. The summed E-state index contributed by atoms with van der Waals surface area (Å²) in [6, 6.07) is 14.6. The van der Waals surface area contributed by atoms with Crippen LogP contribution < -0.4 is 5.32 Å². The normalized spacial score (nSPS) is 21.5. The maximum absolute atomic E-state index is 11.7. The number of hydrogen-bond acceptors (Lipinski definition) is 3. The molecule has 1 aliphatic heterocycles. The van der Waals surface area contributed by atoms with Gasteiger partial charge in [-0.25, -0.2) is 0 Å². The Morgan fingerprint density at radius 1 is 1.17 bits per heavy atom. The summed E-state index contributed by atoms with van der Waals surface area (Å²) in [5, 5.41) is 3.65. The highest BCUT2D eigenvalue weighted by molar-refractivity contribution is 9.10. The van der Waals surface area contributed by atoms with Crippen LogP contribution in [0.2, 0.25) is 0 Å². The van der Waals surface area contributed by atoms with Gasteiger partial charge in [0.15, 0.2) is 0 Å². The third-order valence-corrected chi connectivity index (χ3v) is 5.22. The number of esters is 1. The zero-order valence-electron chi connectivity index (χ0n) is 14.4. The molecule has 3 rings (SSSR count). The minimum absolute atomic E-state index is 0.0464. The van der Waals surface area contributed by atoms with Crippen molar-refractivity contribution in [3.8, 4) is 0 Å². The van der Waals surface area contributed by atoms with Crippen LogP contribution in [0.15, 0.2) is 46.9 Å². The fourth-order valence-corrected chi connectivity index (χ4v) is 3.74. The number of anilines is 1. The molecule has 2 atom stereocenters. The summed E-state index contributed by atoms with van der Waals surface area (Å²) in [6.07, 6.45) is -0.292. The predicted octanol–water partition coefficient (Wildman–Crippen LogP) is 5.55. The van der Waals surface area contributed by atoms with Crippen LogP contribution in [0.25, 0.3) is 0 Å². The molecule has 4 heteroatoms. The van der Waals surface area contributed by atoms with Crippen LogP contribution in [0.3, 0.4) is 0 Å². The number of carbonyl (C=O) groups excluding carboxylic acids is 1. The van der Waals surface area contributed by atoms with E-state index in [1.165, 1.54) is 12.5 Å². The second-order valence-electron chi connectivity index (χ2n) is 7.03. The van der Waals surface area contributed by atoms with E-state index in [1.54, 1.807) is 0 Å². The average Bonchev–Trinajstić information content (AvgIpc) is 2.51. The van der Waals surface area contributed by atoms with E-state index in [9.17, 15) is 4.79 Å². The van der Waals surface area contributed by atoms with Gasteiger partial charge in [0, 0.05) is 28.1 Å². The lowest BCUT2D eigenvalue weighted by Gasteiger charge is -2.46. The first-order valence-corrected chi connectivity index (χ1v) is 8.88. The first-order chi connectivity index (χ1) is 11.3. The smallest absolute Gasteiger partial charge is 0.303 e. The SMILES string of the molecule is CC(=O)O[C@H]1c2cc(C)ccc2N[C@H](c2ccc(Br)cc2)C1(C)C. The molecular formula is C20H22BrNO2. The van der Waals surface area contributed by atoms with Gasteiger partial charge in [0.25, 0.3) is 0 Å². The first kappa shape index (κ1) is 17.0. The van der Waals surface area contributed by atoms with Crippen molar-refractivity contribution in [2.45, 2.75) is 39.8 Å². The highest BCUT2D eigenvalue weighted by Crippen LogP contribution is 2.53. The highest BCUT2D eigenvalue weighted by Gasteiger charge is 2.45. The Bertz CT molecular complexity index is 768. The summed E-state index contributed by atoms with van der Waals surface area (Å²) >= 11 is 3.49. The fraction of sp³-hybridized carbons (Fsp3) is 0.350. The number of nitrogens with one attached hydrogen (secondary N) is 1. The van der Waals surface area contributed by atoms with Crippen LogP contribution in [-0.2, 0) is 9.53 Å². The molecule has 0 amide bonds. The van der Waals surface area contributed by atoms with Gasteiger partial charge >= 0.3 is 5.97 Å². The Hall–Kier alpha value is -1.81. The number of benzene rings is 2. The molecule has 0 aliphatic carbocycles. The van der Waals surface area contributed by atoms with Crippen molar-refractivity contribution in [2.75, 3.05) is 5.32 Å². The van der Waals surface area contributed by atoms with E-state index in [2.05, 4.69) is 72.3 Å². The third-order valence-electron chi connectivity index (χ3n) is 4.70. The number of rotatable bonds is 2. The summed E-state index contributed by atoms with van der Waals surface area (Å²) in [4.78, 5) is 11.7. The van der Waals surface area contributed by atoms with Gasteiger partial charge in [-0.3, -0.25) is 4.79 Å².